The summed E-state index contributed by atoms with van der Waals surface area (Å²) in [6, 6.07) is 8.49. The first kappa shape index (κ1) is 12.5. The molecular formula is C18H23NO. The summed E-state index contributed by atoms with van der Waals surface area (Å²) < 4.78 is 6.03. The van der Waals surface area contributed by atoms with Gasteiger partial charge in [0.15, 0.2) is 0 Å². The van der Waals surface area contributed by atoms with Gasteiger partial charge >= 0.3 is 0 Å². The summed E-state index contributed by atoms with van der Waals surface area (Å²) >= 11 is 0. The highest BCUT2D eigenvalue weighted by Gasteiger charge is 2.40. The summed E-state index contributed by atoms with van der Waals surface area (Å²) in [5.74, 6) is 3.74. The Bertz CT molecular complexity index is 629. The smallest absolute Gasteiger partial charge is 0.137 e. The summed E-state index contributed by atoms with van der Waals surface area (Å²) in [6.07, 6.45) is 6.84. The lowest BCUT2D eigenvalue weighted by molar-refractivity contribution is 0.285. The minimum absolute atomic E-state index is 0.0613. The number of fused-ring (bicyclic) bond motifs is 3. The van der Waals surface area contributed by atoms with Crippen molar-refractivity contribution in [2.45, 2.75) is 45.1 Å². The summed E-state index contributed by atoms with van der Waals surface area (Å²) in [4.78, 5) is 0. The van der Waals surface area contributed by atoms with Gasteiger partial charge in [0.05, 0.1) is 6.04 Å². The highest BCUT2D eigenvalue weighted by molar-refractivity contribution is 5.80. The molecule has 2 N–H and O–H groups in total. The standard InChI is InChI=1S/C18H23NO/c1-11-3-2-4-14-10-17(20-18(11)14)16(19)9-15-8-12-5-6-13(15)7-12/h2-4,10,12-13,15-16H,5-9,19H2,1H3. The molecule has 2 aromatic rings. The Labute approximate surface area is 120 Å². The highest BCUT2D eigenvalue weighted by Crippen LogP contribution is 2.50. The van der Waals surface area contributed by atoms with Crippen molar-refractivity contribution in [3.63, 3.8) is 0 Å². The van der Waals surface area contributed by atoms with E-state index >= 15 is 0 Å². The predicted molar refractivity (Wildman–Crippen MR) is 81.4 cm³/mol. The third kappa shape index (κ3) is 1.98. The molecule has 20 heavy (non-hydrogen) atoms. The van der Waals surface area contributed by atoms with E-state index in [0.29, 0.717) is 0 Å². The van der Waals surface area contributed by atoms with Crippen LogP contribution in [-0.4, -0.2) is 0 Å². The fraction of sp³-hybridized carbons (Fsp3) is 0.556. The Balaban J connectivity index is 1.55. The van der Waals surface area contributed by atoms with Crippen molar-refractivity contribution in [1.29, 1.82) is 0 Å². The average molecular weight is 269 g/mol. The third-order valence-corrected chi connectivity index (χ3v) is 5.57. The van der Waals surface area contributed by atoms with Crippen LogP contribution in [0, 0.1) is 24.7 Å². The first-order valence-corrected chi connectivity index (χ1v) is 7.95. The quantitative estimate of drug-likeness (QED) is 0.886. The molecule has 4 rings (SSSR count). The lowest BCUT2D eigenvalue weighted by Gasteiger charge is -2.23. The number of furan rings is 1. The first-order valence-electron chi connectivity index (χ1n) is 7.95. The molecule has 0 saturated heterocycles. The van der Waals surface area contributed by atoms with Crippen LogP contribution in [0.15, 0.2) is 28.7 Å². The maximum Gasteiger partial charge on any atom is 0.137 e. The van der Waals surface area contributed by atoms with Crippen molar-refractivity contribution < 1.29 is 4.42 Å². The molecular weight excluding hydrogens is 246 g/mol. The molecule has 2 bridgehead atoms. The highest BCUT2D eigenvalue weighted by atomic mass is 16.3. The van der Waals surface area contributed by atoms with Crippen molar-refractivity contribution in [3.8, 4) is 0 Å². The van der Waals surface area contributed by atoms with Crippen molar-refractivity contribution in [2.75, 3.05) is 0 Å². The summed E-state index contributed by atoms with van der Waals surface area (Å²) in [6.45, 7) is 2.09. The largest absolute Gasteiger partial charge is 0.459 e. The number of aryl methyl sites for hydroxylation is 1. The van der Waals surface area contributed by atoms with E-state index in [1.54, 1.807) is 0 Å². The van der Waals surface area contributed by atoms with Crippen molar-refractivity contribution in [2.24, 2.45) is 23.5 Å². The molecule has 0 aliphatic heterocycles. The van der Waals surface area contributed by atoms with Crippen LogP contribution in [0.5, 0.6) is 0 Å². The lowest BCUT2D eigenvalue weighted by Crippen LogP contribution is -2.19. The van der Waals surface area contributed by atoms with Gasteiger partial charge in [0.1, 0.15) is 11.3 Å². The Morgan fingerprint density at radius 2 is 2.20 bits per heavy atom. The monoisotopic (exact) mass is 269 g/mol. The van der Waals surface area contributed by atoms with E-state index in [-0.39, 0.29) is 6.04 Å². The first-order chi connectivity index (χ1) is 9.70. The topological polar surface area (TPSA) is 39.2 Å². The molecule has 4 atom stereocenters. The number of benzene rings is 1. The van der Waals surface area contributed by atoms with E-state index in [1.165, 1.54) is 36.6 Å². The Morgan fingerprint density at radius 1 is 1.30 bits per heavy atom. The van der Waals surface area contributed by atoms with Gasteiger partial charge in [0, 0.05) is 5.39 Å². The fourth-order valence-electron chi connectivity index (χ4n) is 4.52. The molecule has 1 aromatic carbocycles. The van der Waals surface area contributed by atoms with Gasteiger partial charge in [-0.1, -0.05) is 24.6 Å². The second kappa shape index (κ2) is 4.63. The molecule has 2 nitrogen and oxygen atoms in total. The molecule has 106 valence electrons. The number of hydrogen-bond acceptors (Lipinski definition) is 2. The fourth-order valence-corrected chi connectivity index (χ4v) is 4.52. The van der Waals surface area contributed by atoms with E-state index < -0.39 is 0 Å². The van der Waals surface area contributed by atoms with Crippen LogP contribution in [0.1, 0.15) is 49.5 Å². The number of para-hydroxylation sites is 1. The van der Waals surface area contributed by atoms with Crippen LogP contribution < -0.4 is 5.73 Å². The molecule has 0 amide bonds. The molecule has 2 aliphatic carbocycles. The second-order valence-corrected chi connectivity index (χ2v) is 6.92. The Kier molecular flexibility index (Phi) is 2.88. The molecule has 2 aliphatic rings. The van der Waals surface area contributed by atoms with Crippen molar-refractivity contribution in [3.05, 3.63) is 35.6 Å². The van der Waals surface area contributed by atoms with Crippen molar-refractivity contribution >= 4 is 11.0 Å². The second-order valence-electron chi connectivity index (χ2n) is 6.92. The molecule has 2 heteroatoms. The van der Waals surface area contributed by atoms with E-state index in [1.807, 2.05) is 0 Å². The zero-order valence-electron chi connectivity index (χ0n) is 12.1. The van der Waals surface area contributed by atoms with Crippen LogP contribution in [-0.2, 0) is 0 Å². The number of rotatable bonds is 3. The van der Waals surface area contributed by atoms with Gasteiger partial charge in [0.25, 0.3) is 0 Å². The normalized spacial score (nSPS) is 30.2. The van der Waals surface area contributed by atoms with E-state index in [4.69, 9.17) is 10.2 Å². The van der Waals surface area contributed by atoms with E-state index in [0.717, 1.165) is 35.5 Å². The molecule has 0 spiro atoms. The number of nitrogens with two attached hydrogens (primary N) is 1. The van der Waals surface area contributed by atoms with Crippen molar-refractivity contribution in [1.82, 2.24) is 0 Å². The van der Waals surface area contributed by atoms with Crippen LogP contribution in [0.4, 0.5) is 0 Å². The maximum atomic E-state index is 6.43. The van der Waals surface area contributed by atoms with Gasteiger partial charge < -0.3 is 10.2 Å². The molecule has 2 fully saturated rings. The molecule has 4 unspecified atom stereocenters. The minimum Gasteiger partial charge on any atom is -0.459 e. The Hall–Kier alpha value is -1.28. The van der Waals surface area contributed by atoms with Gasteiger partial charge in [-0.25, -0.2) is 0 Å². The van der Waals surface area contributed by atoms with Gasteiger partial charge in [-0.05, 0) is 62.0 Å². The lowest BCUT2D eigenvalue weighted by atomic mass is 9.84. The van der Waals surface area contributed by atoms with Gasteiger partial charge in [-0.2, -0.15) is 0 Å². The summed E-state index contributed by atoms with van der Waals surface area (Å²) in [7, 11) is 0. The average Bonchev–Trinajstić information content (AvgIpc) is 3.12. The zero-order valence-corrected chi connectivity index (χ0v) is 12.1. The van der Waals surface area contributed by atoms with Gasteiger partial charge in [-0.15, -0.1) is 0 Å². The van der Waals surface area contributed by atoms with Gasteiger partial charge in [-0.3, -0.25) is 0 Å². The Morgan fingerprint density at radius 3 is 2.90 bits per heavy atom. The number of hydrogen-bond donors (Lipinski definition) is 1. The van der Waals surface area contributed by atoms with E-state index in [9.17, 15) is 0 Å². The molecule has 0 radical (unpaired) electrons. The summed E-state index contributed by atoms with van der Waals surface area (Å²) in [5, 5.41) is 1.18. The predicted octanol–water partition coefficient (Wildman–Crippen LogP) is 4.57. The van der Waals surface area contributed by atoms with Crippen LogP contribution in [0.25, 0.3) is 11.0 Å². The molecule has 1 aromatic heterocycles. The zero-order chi connectivity index (χ0) is 13.7. The third-order valence-electron chi connectivity index (χ3n) is 5.57. The van der Waals surface area contributed by atoms with Crippen LogP contribution in [0.2, 0.25) is 0 Å². The minimum atomic E-state index is 0.0613. The van der Waals surface area contributed by atoms with Crippen LogP contribution in [0.3, 0.4) is 0 Å². The maximum absolute atomic E-state index is 6.43. The SMILES string of the molecule is Cc1cccc2cc(C(N)CC3CC4CCC3C4)oc12. The summed E-state index contributed by atoms with van der Waals surface area (Å²) in [5.41, 5.74) is 8.63. The van der Waals surface area contributed by atoms with E-state index in [2.05, 4.69) is 31.2 Å². The van der Waals surface area contributed by atoms with Gasteiger partial charge in [0.2, 0.25) is 0 Å². The molecule has 2 saturated carbocycles. The van der Waals surface area contributed by atoms with Crippen LogP contribution >= 0.6 is 0 Å². The molecule has 1 heterocycles.